The number of carbonyl (C=O) groups excluding carboxylic acids is 1. The minimum Gasteiger partial charge on any atom is -0.756 e. The number of phosphoric ester groups is 1. The molecule has 0 aliphatic carbocycles. The highest BCUT2D eigenvalue weighted by Gasteiger charge is 2.20. The first-order valence-corrected chi connectivity index (χ1v) is 24.3. The monoisotopic (exact) mass is 810 g/mol. The molecule has 9 heteroatoms. The van der Waals surface area contributed by atoms with Gasteiger partial charge >= 0.3 is 5.97 Å². The predicted molar refractivity (Wildman–Crippen MR) is 236 cm³/mol. The Morgan fingerprint density at radius 3 is 1.52 bits per heavy atom. The molecule has 0 radical (unpaired) electrons. The second-order valence-corrected chi connectivity index (χ2v) is 17.8. The molecule has 0 fully saturated rings. The first-order chi connectivity index (χ1) is 27.1. The molecular weight excluding hydrogens is 721 g/mol. The van der Waals surface area contributed by atoms with Gasteiger partial charge in [0.15, 0.2) is 0 Å². The lowest BCUT2D eigenvalue weighted by atomic mass is 10.1. The molecule has 0 rings (SSSR count). The van der Waals surface area contributed by atoms with Crippen molar-refractivity contribution in [3.8, 4) is 0 Å². The predicted octanol–water partition coefficient (Wildman–Crippen LogP) is 12.9. The van der Waals surface area contributed by atoms with Crippen LogP contribution in [0.4, 0.5) is 0 Å². The molecule has 0 aliphatic rings. The van der Waals surface area contributed by atoms with Crippen molar-refractivity contribution in [2.24, 2.45) is 0 Å². The van der Waals surface area contributed by atoms with Crippen molar-refractivity contribution in [2.75, 3.05) is 54.1 Å². The van der Waals surface area contributed by atoms with Gasteiger partial charge in [0, 0.05) is 13.0 Å². The molecular formula is C47H88NO7P. The fourth-order valence-electron chi connectivity index (χ4n) is 6.02. The first-order valence-electron chi connectivity index (χ1n) is 22.9. The molecule has 2 unspecified atom stereocenters. The summed E-state index contributed by atoms with van der Waals surface area (Å²) >= 11 is 0. The number of esters is 1. The lowest BCUT2D eigenvalue weighted by molar-refractivity contribution is -0.870. The number of unbranched alkanes of at least 4 members (excludes halogenated alkanes) is 20. The molecule has 0 spiro atoms. The Morgan fingerprint density at radius 2 is 0.982 bits per heavy atom. The molecule has 0 aromatic carbocycles. The van der Waals surface area contributed by atoms with Gasteiger partial charge in [-0.15, -0.1) is 0 Å². The number of carbonyl (C=O) groups is 1. The van der Waals surface area contributed by atoms with Crippen molar-refractivity contribution in [1.29, 1.82) is 0 Å². The van der Waals surface area contributed by atoms with Gasteiger partial charge < -0.3 is 27.9 Å². The van der Waals surface area contributed by atoms with E-state index in [2.05, 4.69) is 62.5 Å². The lowest BCUT2D eigenvalue weighted by Crippen LogP contribution is -2.37. The van der Waals surface area contributed by atoms with E-state index >= 15 is 0 Å². The fourth-order valence-corrected chi connectivity index (χ4v) is 6.75. The van der Waals surface area contributed by atoms with E-state index in [0.29, 0.717) is 24.1 Å². The number of hydrogen-bond acceptors (Lipinski definition) is 7. The average Bonchev–Trinajstić information content (AvgIpc) is 3.15. The van der Waals surface area contributed by atoms with E-state index in [9.17, 15) is 14.3 Å². The topological polar surface area (TPSA) is 94.1 Å². The van der Waals surface area contributed by atoms with Crippen molar-refractivity contribution in [3.63, 3.8) is 0 Å². The molecule has 0 saturated carbocycles. The van der Waals surface area contributed by atoms with E-state index < -0.39 is 13.9 Å². The van der Waals surface area contributed by atoms with Gasteiger partial charge in [0.25, 0.3) is 7.82 Å². The SMILES string of the molecule is CCCCC/C=C\CCCCCCCCOCC(COP(=O)([O-])OCC[N+](C)(C)C)OC(=O)CCCCCCCC/C=C\C/C=C\C/C=C\CCCCCCC. The van der Waals surface area contributed by atoms with Crippen LogP contribution in [0.5, 0.6) is 0 Å². The van der Waals surface area contributed by atoms with Gasteiger partial charge in [-0.1, -0.05) is 152 Å². The number of allylic oxidation sites excluding steroid dienone is 8. The van der Waals surface area contributed by atoms with Gasteiger partial charge in [0.05, 0.1) is 34.4 Å². The fraction of sp³-hybridized carbons (Fsp3) is 0.809. The van der Waals surface area contributed by atoms with Gasteiger partial charge in [0.1, 0.15) is 19.3 Å². The quantitative estimate of drug-likeness (QED) is 0.0199. The van der Waals surface area contributed by atoms with Crippen molar-refractivity contribution in [1.82, 2.24) is 0 Å². The van der Waals surface area contributed by atoms with E-state index in [1.807, 2.05) is 21.1 Å². The number of likely N-dealkylation sites (N-methyl/N-ethyl adjacent to an activating group) is 1. The summed E-state index contributed by atoms with van der Waals surface area (Å²) in [6, 6.07) is 0. The molecule has 328 valence electrons. The van der Waals surface area contributed by atoms with Crippen molar-refractivity contribution >= 4 is 13.8 Å². The van der Waals surface area contributed by atoms with E-state index in [4.69, 9.17) is 18.5 Å². The molecule has 0 heterocycles. The third-order valence-electron chi connectivity index (χ3n) is 9.60. The Labute approximate surface area is 346 Å². The molecule has 0 amide bonds. The van der Waals surface area contributed by atoms with Crippen molar-refractivity contribution in [3.05, 3.63) is 48.6 Å². The third kappa shape index (κ3) is 43.6. The summed E-state index contributed by atoms with van der Waals surface area (Å²) < 4.78 is 34.6. The molecule has 2 atom stereocenters. The van der Waals surface area contributed by atoms with E-state index in [0.717, 1.165) is 57.8 Å². The first kappa shape index (κ1) is 54.5. The van der Waals surface area contributed by atoms with Crippen LogP contribution in [0.2, 0.25) is 0 Å². The Balaban J connectivity index is 4.23. The van der Waals surface area contributed by atoms with Gasteiger partial charge in [-0.3, -0.25) is 9.36 Å². The summed E-state index contributed by atoms with van der Waals surface area (Å²) in [5.74, 6) is -0.349. The standard InChI is InChI=1S/C47H88NO7P/c1-6-8-10-12-14-16-18-20-21-22-23-24-25-26-27-28-30-32-34-36-38-40-47(49)55-46(45-54-56(50,51)53-43-41-48(3,4)5)44-52-42-39-37-35-33-31-29-19-17-15-13-11-9-7-2/h15,17-18,20,22-23,25-26,46H,6-14,16,19,21,24,27-45H2,1-5H3/b17-15-,20-18-,23-22-,26-25-. The van der Waals surface area contributed by atoms with Crippen LogP contribution in [0, 0.1) is 0 Å². The highest BCUT2D eigenvalue weighted by Crippen LogP contribution is 2.38. The Morgan fingerprint density at radius 1 is 0.554 bits per heavy atom. The molecule has 56 heavy (non-hydrogen) atoms. The maximum absolute atomic E-state index is 12.7. The zero-order valence-electron chi connectivity index (χ0n) is 37.1. The van der Waals surface area contributed by atoms with Crippen LogP contribution in [0.25, 0.3) is 0 Å². The number of ether oxygens (including phenoxy) is 2. The zero-order valence-corrected chi connectivity index (χ0v) is 38.0. The maximum atomic E-state index is 12.7. The van der Waals surface area contributed by atoms with Crippen LogP contribution in [0.1, 0.15) is 187 Å². The summed E-state index contributed by atoms with van der Waals surface area (Å²) in [7, 11) is 1.34. The largest absolute Gasteiger partial charge is 0.756 e. The van der Waals surface area contributed by atoms with Crippen LogP contribution in [-0.2, 0) is 27.9 Å². The Kier molecular flexibility index (Phi) is 39.1. The van der Waals surface area contributed by atoms with E-state index in [-0.39, 0.29) is 25.8 Å². The van der Waals surface area contributed by atoms with Crippen molar-refractivity contribution < 1.29 is 37.3 Å². The van der Waals surface area contributed by atoms with Gasteiger partial charge in [-0.05, 0) is 77.0 Å². The third-order valence-corrected chi connectivity index (χ3v) is 10.6. The number of quaternary nitrogens is 1. The van der Waals surface area contributed by atoms with Gasteiger partial charge in [-0.25, -0.2) is 0 Å². The number of phosphoric acid groups is 1. The molecule has 0 saturated heterocycles. The highest BCUT2D eigenvalue weighted by atomic mass is 31.2. The summed E-state index contributed by atoms with van der Waals surface area (Å²) in [6.07, 6.45) is 48.3. The molecule has 0 aliphatic heterocycles. The lowest BCUT2D eigenvalue weighted by Gasteiger charge is -2.28. The van der Waals surface area contributed by atoms with Crippen LogP contribution in [0.15, 0.2) is 48.6 Å². The summed E-state index contributed by atoms with van der Waals surface area (Å²) in [5.41, 5.74) is 0. The molecule has 0 bridgehead atoms. The Bertz CT molecular complexity index is 1040. The average molecular weight is 810 g/mol. The smallest absolute Gasteiger partial charge is 0.306 e. The second kappa shape index (κ2) is 40.2. The Hall–Kier alpha value is -1.54. The minimum absolute atomic E-state index is 0.0208. The minimum atomic E-state index is -4.53. The summed E-state index contributed by atoms with van der Waals surface area (Å²) in [5, 5.41) is 0. The van der Waals surface area contributed by atoms with Crippen molar-refractivity contribution in [2.45, 2.75) is 193 Å². The molecule has 0 aromatic heterocycles. The normalized spacial score (nSPS) is 14.2. The second-order valence-electron chi connectivity index (χ2n) is 16.4. The maximum Gasteiger partial charge on any atom is 0.306 e. The summed E-state index contributed by atoms with van der Waals surface area (Å²) in [4.78, 5) is 25.1. The van der Waals surface area contributed by atoms with Crippen LogP contribution < -0.4 is 4.89 Å². The van der Waals surface area contributed by atoms with Crippen LogP contribution >= 0.6 is 7.82 Å². The molecule has 0 N–H and O–H groups in total. The van der Waals surface area contributed by atoms with Crippen LogP contribution in [-0.4, -0.2) is 70.7 Å². The van der Waals surface area contributed by atoms with E-state index in [1.54, 1.807) is 0 Å². The number of hydrogen-bond donors (Lipinski definition) is 0. The number of rotatable bonds is 42. The van der Waals surface area contributed by atoms with Gasteiger partial charge in [0.2, 0.25) is 0 Å². The van der Waals surface area contributed by atoms with E-state index in [1.165, 1.54) is 109 Å². The molecule has 0 aromatic rings. The zero-order chi connectivity index (χ0) is 41.3. The van der Waals surface area contributed by atoms with Gasteiger partial charge in [-0.2, -0.15) is 0 Å². The highest BCUT2D eigenvalue weighted by molar-refractivity contribution is 7.45. The summed E-state index contributed by atoms with van der Waals surface area (Å²) in [6.45, 7) is 5.35. The molecule has 8 nitrogen and oxygen atoms in total. The number of nitrogens with zero attached hydrogens (tertiary/aromatic N) is 1. The van der Waals surface area contributed by atoms with Crippen LogP contribution in [0.3, 0.4) is 0 Å².